The first kappa shape index (κ1) is 17.5. The maximum Gasteiger partial charge on any atom is 0.344 e. The molecule has 0 aliphatic heterocycles. The lowest BCUT2D eigenvalue weighted by atomic mass is 10.1. The van der Waals surface area contributed by atoms with Crippen molar-refractivity contribution in [1.29, 1.82) is 0 Å². The molecule has 0 saturated heterocycles. The van der Waals surface area contributed by atoms with Crippen molar-refractivity contribution in [2.75, 3.05) is 26.2 Å². The Morgan fingerprint density at radius 2 is 1.64 bits per heavy atom. The summed E-state index contributed by atoms with van der Waals surface area (Å²) in [6.07, 6.45) is 2.29. The molecule has 0 saturated carbocycles. The lowest BCUT2D eigenvalue weighted by Gasteiger charge is -2.21. The molecule has 0 amide bonds. The van der Waals surface area contributed by atoms with Gasteiger partial charge in [-0.05, 0) is 44.1 Å². The molecule has 0 radical (unpaired) electrons. The second-order valence-corrected chi connectivity index (χ2v) is 6.25. The van der Waals surface area contributed by atoms with E-state index in [0.717, 1.165) is 49.0 Å². The molecular weight excluding hydrogens is 314 g/mol. The summed E-state index contributed by atoms with van der Waals surface area (Å²) in [4.78, 5) is 14.6. The highest BCUT2D eigenvalue weighted by Gasteiger charge is 2.12. The number of rotatable bonds is 8. The highest BCUT2D eigenvalue weighted by Crippen LogP contribution is 2.31. The van der Waals surface area contributed by atoms with Gasteiger partial charge in [-0.1, -0.05) is 38.1 Å². The van der Waals surface area contributed by atoms with Gasteiger partial charge in [0.05, 0.1) is 10.8 Å². The Morgan fingerprint density at radius 3 is 2.36 bits per heavy atom. The van der Waals surface area contributed by atoms with Gasteiger partial charge >= 0.3 is 5.63 Å². The molecule has 1 heterocycles. The van der Waals surface area contributed by atoms with E-state index in [0.29, 0.717) is 17.6 Å². The van der Waals surface area contributed by atoms with Crippen molar-refractivity contribution < 1.29 is 9.15 Å². The second-order valence-electron chi connectivity index (χ2n) is 6.25. The van der Waals surface area contributed by atoms with E-state index in [4.69, 9.17) is 9.15 Å². The van der Waals surface area contributed by atoms with Crippen LogP contribution in [0.5, 0.6) is 5.75 Å². The largest absolute Gasteiger partial charge is 0.491 e. The fraction of sp³-hybridized carbons (Fsp3) is 0.381. The quantitative estimate of drug-likeness (QED) is 0.449. The molecule has 1 aromatic heterocycles. The summed E-state index contributed by atoms with van der Waals surface area (Å²) >= 11 is 0. The van der Waals surface area contributed by atoms with Gasteiger partial charge in [-0.2, -0.15) is 0 Å². The molecule has 0 fully saturated rings. The summed E-state index contributed by atoms with van der Waals surface area (Å²) in [5, 5.41) is 2.34. The van der Waals surface area contributed by atoms with Crippen LogP contribution in [0.2, 0.25) is 0 Å². The first-order valence-electron chi connectivity index (χ1n) is 9.04. The molecule has 0 bridgehead atoms. The molecule has 3 rings (SSSR count). The predicted octanol–water partition coefficient (Wildman–Crippen LogP) is 4.45. The van der Waals surface area contributed by atoms with E-state index in [1.807, 2.05) is 36.4 Å². The zero-order valence-corrected chi connectivity index (χ0v) is 15.0. The summed E-state index contributed by atoms with van der Waals surface area (Å²) in [5.41, 5.74) is 0.262. The van der Waals surface area contributed by atoms with Gasteiger partial charge in [0, 0.05) is 11.9 Å². The summed E-state index contributed by atoms with van der Waals surface area (Å²) in [6.45, 7) is 8.08. The molecule has 4 heteroatoms. The fourth-order valence-electron chi connectivity index (χ4n) is 3.27. The van der Waals surface area contributed by atoms with Crippen LogP contribution >= 0.6 is 0 Å². The average molecular weight is 339 g/mol. The smallest absolute Gasteiger partial charge is 0.344 e. The van der Waals surface area contributed by atoms with E-state index in [-0.39, 0.29) is 5.63 Å². The Kier molecular flexibility index (Phi) is 5.71. The van der Waals surface area contributed by atoms with Gasteiger partial charge in [-0.15, -0.1) is 0 Å². The summed E-state index contributed by atoms with van der Waals surface area (Å²) in [6, 6.07) is 13.1. The van der Waals surface area contributed by atoms with Crippen LogP contribution in [-0.2, 0) is 0 Å². The Labute approximate surface area is 148 Å². The van der Waals surface area contributed by atoms with Gasteiger partial charge in [-0.3, -0.25) is 4.90 Å². The molecular formula is C21H25NO3. The number of hydrogen-bond acceptors (Lipinski definition) is 4. The van der Waals surface area contributed by atoms with Crippen LogP contribution in [0.15, 0.2) is 51.7 Å². The van der Waals surface area contributed by atoms with Crippen molar-refractivity contribution in [2.45, 2.75) is 26.7 Å². The van der Waals surface area contributed by atoms with Crippen molar-refractivity contribution in [2.24, 2.45) is 0 Å². The fourth-order valence-corrected chi connectivity index (χ4v) is 3.27. The normalized spacial score (nSPS) is 11.5. The van der Waals surface area contributed by atoms with Crippen molar-refractivity contribution in [3.63, 3.8) is 0 Å². The second kappa shape index (κ2) is 8.17. The SMILES string of the molecule is CCCN(CCC)CCOc1cccc2oc(=O)c3ccccc3c12. The van der Waals surface area contributed by atoms with Gasteiger partial charge in [-0.25, -0.2) is 4.79 Å². The molecule has 0 aliphatic carbocycles. The number of hydrogen-bond donors (Lipinski definition) is 0. The van der Waals surface area contributed by atoms with Gasteiger partial charge in [0.2, 0.25) is 0 Å². The molecule has 25 heavy (non-hydrogen) atoms. The summed E-state index contributed by atoms with van der Waals surface area (Å²) < 4.78 is 11.6. The Morgan fingerprint density at radius 1 is 0.920 bits per heavy atom. The highest BCUT2D eigenvalue weighted by atomic mass is 16.5. The number of fused-ring (bicyclic) bond motifs is 3. The third kappa shape index (κ3) is 3.85. The number of ether oxygens (including phenoxy) is 1. The Hall–Kier alpha value is -2.33. The molecule has 0 aliphatic rings. The molecule has 0 N–H and O–H groups in total. The van der Waals surface area contributed by atoms with E-state index in [9.17, 15) is 4.79 Å². The minimum absolute atomic E-state index is 0.308. The minimum Gasteiger partial charge on any atom is -0.491 e. The zero-order valence-electron chi connectivity index (χ0n) is 15.0. The van der Waals surface area contributed by atoms with Gasteiger partial charge < -0.3 is 9.15 Å². The van der Waals surface area contributed by atoms with Gasteiger partial charge in [0.15, 0.2) is 0 Å². The average Bonchev–Trinajstić information content (AvgIpc) is 2.62. The highest BCUT2D eigenvalue weighted by molar-refractivity contribution is 6.07. The van der Waals surface area contributed by atoms with Crippen molar-refractivity contribution in [3.05, 3.63) is 52.9 Å². The monoisotopic (exact) mass is 339 g/mol. The van der Waals surface area contributed by atoms with Crippen LogP contribution in [-0.4, -0.2) is 31.1 Å². The molecule has 3 aromatic rings. The van der Waals surface area contributed by atoms with E-state index >= 15 is 0 Å². The third-order valence-electron chi connectivity index (χ3n) is 4.35. The third-order valence-corrected chi connectivity index (χ3v) is 4.35. The molecule has 0 unspecified atom stereocenters. The zero-order chi connectivity index (χ0) is 17.6. The van der Waals surface area contributed by atoms with E-state index in [1.165, 1.54) is 0 Å². The number of nitrogens with zero attached hydrogens (tertiary/aromatic N) is 1. The molecule has 0 atom stereocenters. The standard InChI is InChI=1S/C21H25NO3/c1-3-12-22(13-4-2)14-15-24-18-10-7-11-19-20(18)16-8-5-6-9-17(16)21(23)25-19/h5-11H,3-4,12-15H2,1-2H3. The van der Waals surface area contributed by atoms with Crippen LogP contribution in [0.1, 0.15) is 26.7 Å². The van der Waals surface area contributed by atoms with Crippen molar-refractivity contribution in [3.8, 4) is 5.75 Å². The predicted molar refractivity (Wildman–Crippen MR) is 103 cm³/mol. The molecule has 2 aromatic carbocycles. The number of benzene rings is 2. The topological polar surface area (TPSA) is 42.7 Å². The summed E-state index contributed by atoms with van der Waals surface area (Å²) in [7, 11) is 0. The van der Waals surface area contributed by atoms with Crippen molar-refractivity contribution in [1.82, 2.24) is 4.90 Å². The van der Waals surface area contributed by atoms with Crippen LogP contribution < -0.4 is 10.4 Å². The summed E-state index contributed by atoms with van der Waals surface area (Å²) in [5.74, 6) is 0.769. The van der Waals surface area contributed by atoms with Crippen molar-refractivity contribution >= 4 is 21.7 Å². The van der Waals surface area contributed by atoms with E-state index in [1.54, 1.807) is 6.07 Å². The van der Waals surface area contributed by atoms with Crippen LogP contribution in [0.3, 0.4) is 0 Å². The van der Waals surface area contributed by atoms with Crippen LogP contribution in [0.4, 0.5) is 0 Å². The Bertz CT molecular complexity index is 894. The van der Waals surface area contributed by atoms with Crippen LogP contribution in [0, 0.1) is 0 Å². The molecule has 132 valence electrons. The maximum absolute atomic E-state index is 12.1. The maximum atomic E-state index is 12.1. The van der Waals surface area contributed by atoms with Gasteiger partial charge in [0.1, 0.15) is 17.9 Å². The van der Waals surface area contributed by atoms with Crippen LogP contribution in [0.25, 0.3) is 21.7 Å². The minimum atomic E-state index is -0.308. The van der Waals surface area contributed by atoms with E-state index in [2.05, 4.69) is 18.7 Å². The Balaban J connectivity index is 1.89. The van der Waals surface area contributed by atoms with Gasteiger partial charge in [0.25, 0.3) is 0 Å². The lowest BCUT2D eigenvalue weighted by molar-refractivity contribution is 0.210. The first-order chi connectivity index (χ1) is 12.2. The molecule has 0 spiro atoms. The lowest BCUT2D eigenvalue weighted by Crippen LogP contribution is -2.30. The molecule has 4 nitrogen and oxygen atoms in total. The first-order valence-corrected chi connectivity index (χ1v) is 9.04. The van der Waals surface area contributed by atoms with E-state index < -0.39 is 0 Å².